The molecule has 0 fully saturated rings. The Labute approximate surface area is 126 Å². The van der Waals surface area contributed by atoms with E-state index in [1.165, 1.54) is 5.56 Å². The summed E-state index contributed by atoms with van der Waals surface area (Å²) in [6.45, 7) is 0.634. The molecule has 2 atom stereocenters. The number of hydrogen-bond donors (Lipinski definition) is 1. The third-order valence-electron chi connectivity index (χ3n) is 4.51. The Morgan fingerprint density at radius 2 is 2.10 bits per heavy atom. The van der Waals surface area contributed by atoms with E-state index < -0.39 is 15.1 Å². The summed E-state index contributed by atoms with van der Waals surface area (Å²) in [5, 5.41) is -0.436. The van der Waals surface area contributed by atoms with Gasteiger partial charge in [-0.25, -0.2) is 8.42 Å². The molecular weight excluding hydrogens is 282 g/mol. The second kappa shape index (κ2) is 5.78. The molecule has 3 nitrogen and oxygen atoms in total. The molecule has 0 heterocycles. The number of sulfone groups is 1. The predicted octanol–water partition coefficient (Wildman–Crippen LogP) is 2.72. The van der Waals surface area contributed by atoms with E-state index in [4.69, 9.17) is 5.73 Å². The van der Waals surface area contributed by atoms with Gasteiger partial charge in [-0.15, -0.1) is 0 Å². The molecule has 0 saturated heterocycles. The fraction of sp³-hybridized carbons (Fsp3) is 0.412. The zero-order valence-electron chi connectivity index (χ0n) is 12.0. The summed E-state index contributed by atoms with van der Waals surface area (Å²) < 4.78 is 25.4. The lowest BCUT2D eigenvalue weighted by Gasteiger charge is -2.25. The molecule has 0 bridgehead atoms. The smallest absolute Gasteiger partial charge is 0.185 e. The highest BCUT2D eigenvalue weighted by Gasteiger charge is 2.27. The zero-order chi connectivity index (χ0) is 14.9. The van der Waals surface area contributed by atoms with E-state index in [1.54, 1.807) is 12.1 Å². The second-order valence-electron chi connectivity index (χ2n) is 5.82. The van der Waals surface area contributed by atoms with E-state index in [9.17, 15) is 8.42 Å². The van der Waals surface area contributed by atoms with Crippen LogP contribution in [0.25, 0.3) is 0 Å². The monoisotopic (exact) mass is 303 g/mol. The van der Waals surface area contributed by atoms with Crippen molar-refractivity contribution in [3.63, 3.8) is 0 Å². The van der Waals surface area contributed by atoms with E-state index in [1.807, 2.05) is 30.4 Å². The van der Waals surface area contributed by atoms with Crippen LogP contribution in [0.3, 0.4) is 0 Å². The maximum Gasteiger partial charge on any atom is 0.185 e. The number of nitrogens with two attached hydrogens (primary N) is 1. The maximum atomic E-state index is 12.7. The molecule has 2 unspecified atom stereocenters. The van der Waals surface area contributed by atoms with Gasteiger partial charge in [0.25, 0.3) is 0 Å². The molecule has 21 heavy (non-hydrogen) atoms. The molecular formula is C17H21NO2S. The van der Waals surface area contributed by atoms with Crippen LogP contribution >= 0.6 is 0 Å². The summed E-state index contributed by atoms with van der Waals surface area (Å²) in [6.07, 6.45) is 11.1. The van der Waals surface area contributed by atoms with Crippen molar-refractivity contribution >= 4 is 9.84 Å². The Bertz CT molecular complexity index is 689. The molecule has 0 aliphatic heterocycles. The first-order chi connectivity index (χ1) is 10.1. The van der Waals surface area contributed by atoms with Crippen molar-refractivity contribution in [1.82, 2.24) is 0 Å². The molecule has 0 radical (unpaired) electrons. The van der Waals surface area contributed by atoms with Crippen LogP contribution in [0.2, 0.25) is 0 Å². The van der Waals surface area contributed by atoms with Gasteiger partial charge in [-0.05, 0) is 61.4 Å². The summed E-state index contributed by atoms with van der Waals surface area (Å²) in [6, 6.07) is 5.61. The largest absolute Gasteiger partial charge is 0.330 e. The first-order valence-corrected chi connectivity index (χ1v) is 9.07. The second-order valence-corrected chi connectivity index (χ2v) is 7.98. The predicted molar refractivity (Wildman–Crippen MR) is 85.0 cm³/mol. The van der Waals surface area contributed by atoms with Gasteiger partial charge in [0, 0.05) is 0 Å². The standard InChI is InChI=1S/C17H21NO2S/c18-12-14-6-4-5-13-11-16(9-10-17(13)14)21(19,20)15-7-2-1-3-8-15/h1-3,7,9-11,14-15H,4-6,8,12,18H2. The highest BCUT2D eigenvalue weighted by atomic mass is 32.2. The Kier molecular flexibility index (Phi) is 4.00. The lowest BCUT2D eigenvalue weighted by atomic mass is 9.83. The highest BCUT2D eigenvalue weighted by Crippen LogP contribution is 2.33. The van der Waals surface area contributed by atoms with Gasteiger partial charge in [-0.3, -0.25) is 0 Å². The van der Waals surface area contributed by atoms with Crippen LogP contribution in [0, 0.1) is 0 Å². The molecule has 0 aromatic heterocycles. The van der Waals surface area contributed by atoms with Crippen molar-refractivity contribution in [3.05, 3.63) is 53.6 Å². The third kappa shape index (κ3) is 2.70. The molecule has 2 aliphatic carbocycles. The number of benzene rings is 1. The van der Waals surface area contributed by atoms with E-state index in [0.717, 1.165) is 24.8 Å². The van der Waals surface area contributed by atoms with Gasteiger partial charge >= 0.3 is 0 Å². The van der Waals surface area contributed by atoms with Gasteiger partial charge in [0.05, 0.1) is 10.1 Å². The first kappa shape index (κ1) is 14.5. The Morgan fingerprint density at radius 1 is 1.24 bits per heavy atom. The quantitative estimate of drug-likeness (QED) is 0.934. The minimum absolute atomic E-state index is 0.378. The van der Waals surface area contributed by atoms with E-state index in [-0.39, 0.29) is 0 Å². The van der Waals surface area contributed by atoms with Gasteiger partial charge in [0.15, 0.2) is 9.84 Å². The average Bonchev–Trinajstić information content (AvgIpc) is 2.54. The summed E-state index contributed by atoms with van der Waals surface area (Å²) in [5.74, 6) is 0.378. The van der Waals surface area contributed by atoms with Gasteiger partial charge in [-0.1, -0.05) is 30.4 Å². The molecule has 2 N–H and O–H groups in total. The van der Waals surface area contributed by atoms with Crippen molar-refractivity contribution in [2.24, 2.45) is 5.73 Å². The van der Waals surface area contributed by atoms with Gasteiger partial charge in [0.1, 0.15) is 0 Å². The fourth-order valence-corrected chi connectivity index (χ4v) is 4.85. The Morgan fingerprint density at radius 3 is 2.81 bits per heavy atom. The highest BCUT2D eigenvalue weighted by molar-refractivity contribution is 7.92. The van der Waals surface area contributed by atoms with Gasteiger partial charge < -0.3 is 5.73 Å². The zero-order valence-corrected chi connectivity index (χ0v) is 12.9. The number of aryl methyl sites for hydroxylation is 1. The normalized spacial score (nSPS) is 24.8. The Hall–Kier alpha value is -1.39. The third-order valence-corrected chi connectivity index (χ3v) is 6.56. The number of fused-ring (bicyclic) bond motifs is 1. The molecule has 0 spiro atoms. The summed E-state index contributed by atoms with van der Waals surface area (Å²) in [4.78, 5) is 0.448. The average molecular weight is 303 g/mol. The molecule has 0 saturated carbocycles. The topological polar surface area (TPSA) is 60.2 Å². The van der Waals surface area contributed by atoms with Crippen LogP contribution in [0.4, 0.5) is 0 Å². The number of rotatable bonds is 3. The van der Waals surface area contributed by atoms with Crippen LogP contribution in [-0.4, -0.2) is 20.2 Å². The SMILES string of the molecule is NCC1CCCc2cc(S(=O)(=O)C3C=CC=CC3)ccc21. The summed E-state index contributed by atoms with van der Waals surface area (Å²) >= 11 is 0. The lowest BCUT2D eigenvalue weighted by molar-refractivity contribution is 0.558. The number of allylic oxidation sites excluding steroid dienone is 3. The van der Waals surface area contributed by atoms with Crippen LogP contribution < -0.4 is 5.73 Å². The molecule has 1 aromatic rings. The molecule has 1 aromatic carbocycles. The minimum atomic E-state index is -3.29. The Balaban J connectivity index is 1.97. The van der Waals surface area contributed by atoms with Gasteiger partial charge in [-0.2, -0.15) is 0 Å². The van der Waals surface area contributed by atoms with Crippen molar-refractivity contribution in [3.8, 4) is 0 Å². The lowest BCUT2D eigenvalue weighted by Crippen LogP contribution is -2.22. The van der Waals surface area contributed by atoms with Crippen LogP contribution in [-0.2, 0) is 16.3 Å². The van der Waals surface area contributed by atoms with Gasteiger partial charge in [0.2, 0.25) is 0 Å². The van der Waals surface area contributed by atoms with Crippen molar-refractivity contribution in [1.29, 1.82) is 0 Å². The first-order valence-electron chi connectivity index (χ1n) is 7.53. The van der Waals surface area contributed by atoms with Crippen molar-refractivity contribution in [2.45, 2.75) is 41.7 Å². The fourth-order valence-electron chi connectivity index (χ4n) is 3.28. The molecule has 2 aliphatic rings. The summed E-state index contributed by atoms with van der Waals surface area (Å²) in [7, 11) is -3.29. The van der Waals surface area contributed by atoms with E-state index in [0.29, 0.717) is 23.8 Å². The van der Waals surface area contributed by atoms with Crippen LogP contribution in [0.15, 0.2) is 47.4 Å². The van der Waals surface area contributed by atoms with Crippen LogP contribution in [0.1, 0.15) is 36.3 Å². The molecule has 112 valence electrons. The molecule has 4 heteroatoms. The van der Waals surface area contributed by atoms with E-state index in [2.05, 4.69) is 0 Å². The molecule has 0 amide bonds. The minimum Gasteiger partial charge on any atom is -0.330 e. The summed E-state index contributed by atoms with van der Waals surface area (Å²) in [5.41, 5.74) is 8.22. The number of hydrogen-bond acceptors (Lipinski definition) is 3. The maximum absolute atomic E-state index is 12.7. The van der Waals surface area contributed by atoms with Crippen LogP contribution in [0.5, 0.6) is 0 Å². The van der Waals surface area contributed by atoms with Crippen molar-refractivity contribution < 1.29 is 8.42 Å². The van der Waals surface area contributed by atoms with E-state index >= 15 is 0 Å². The molecule has 3 rings (SSSR count). The van der Waals surface area contributed by atoms with Crippen molar-refractivity contribution in [2.75, 3.05) is 6.54 Å².